The van der Waals surface area contributed by atoms with Gasteiger partial charge in [0, 0.05) is 29.8 Å². The fourth-order valence-electron chi connectivity index (χ4n) is 2.92. The standard InChI is InChI=1S/C19H19NO2/c1-22-19-8-3-2-6-16(19)12-15-10-9-14(13-18(15)21)17-7-4-5-11-20-17/h2-8,11-12,14H,9-10,13H2,1H3/b15-12-. The summed E-state index contributed by atoms with van der Waals surface area (Å²) in [6.07, 6.45) is 6.05. The molecular weight excluding hydrogens is 274 g/mol. The molecule has 0 amide bonds. The van der Waals surface area contributed by atoms with E-state index in [0.717, 1.165) is 35.4 Å². The predicted octanol–water partition coefficient (Wildman–Crippen LogP) is 4.01. The molecule has 1 aromatic carbocycles. The molecule has 22 heavy (non-hydrogen) atoms. The van der Waals surface area contributed by atoms with Crippen molar-refractivity contribution in [3.8, 4) is 5.75 Å². The molecule has 2 aromatic rings. The normalized spacial score (nSPS) is 20.1. The number of methoxy groups -OCH3 is 1. The second kappa shape index (κ2) is 6.56. The van der Waals surface area contributed by atoms with Gasteiger partial charge in [0.25, 0.3) is 0 Å². The van der Waals surface area contributed by atoms with Crippen LogP contribution in [-0.2, 0) is 4.79 Å². The number of carbonyl (C=O) groups excluding carboxylic acids is 1. The minimum absolute atomic E-state index is 0.216. The number of carbonyl (C=O) groups is 1. The van der Waals surface area contributed by atoms with Crippen molar-refractivity contribution < 1.29 is 9.53 Å². The molecule has 3 heteroatoms. The van der Waals surface area contributed by atoms with Gasteiger partial charge in [-0.2, -0.15) is 0 Å². The topological polar surface area (TPSA) is 39.2 Å². The van der Waals surface area contributed by atoms with Gasteiger partial charge in [-0.3, -0.25) is 9.78 Å². The molecule has 0 bridgehead atoms. The summed E-state index contributed by atoms with van der Waals surface area (Å²) in [4.78, 5) is 16.8. The van der Waals surface area contributed by atoms with Gasteiger partial charge in [-0.1, -0.05) is 24.3 Å². The number of aromatic nitrogens is 1. The first-order valence-corrected chi connectivity index (χ1v) is 7.55. The Bertz CT molecular complexity index is 692. The molecule has 1 fully saturated rings. The molecule has 3 rings (SSSR count). The zero-order valence-electron chi connectivity index (χ0n) is 12.7. The molecule has 1 aromatic heterocycles. The van der Waals surface area contributed by atoms with Crippen molar-refractivity contribution in [3.05, 3.63) is 65.5 Å². The van der Waals surface area contributed by atoms with Crippen LogP contribution in [0.5, 0.6) is 5.75 Å². The number of benzene rings is 1. The number of allylic oxidation sites excluding steroid dienone is 1. The van der Waals surface area contributed by atoms with Gasteiger partial charge in [-0.25, -0.2) is 0 Å². The van der Waals surface area contributed by atoms with Gasteiger partial charge in [0.15, 0.2) is 5.78 Å². The number of ether oxygens (including phenoxy) is 1. The molecular formula is C19H19NO2. The van der Waals surface area contributed by atoms with Crippen molar-refractivity contribution in [1.29, 1.82) is 0 Å². The first-order chi connectivity index (χ1) is 10.8. The first-order valence-electron chi connectivity index (χ1n) is 7.55. The van der Waals surface area contributed by atoms with Crippen molar-refractivity contribution >= 4 is 11.9 Å². The predicted molar refractivity (Wildman–Crippen MR) is 86.8 cm³/mol. The maximum absolute atomic E-state index is 12.4. The Morgan fingerprint density at radius 2 is 2.00 bits per heavy atom. The van der Waals surface area contributed by atoms with Gasteiger partial charge < -0.3 is 4.74 Å². The number of hydrogen-bond donors (Lipinski definition) is 0. The smallest absolute Gasteiger partial charge is 0.159 e. The maximum atomic E-state index is 12.4. The minimum Gasteiger partial charge on any atom is -0.496 e. The van der Waals surface area contributed by atoms with Crippen LogP contribution in [0.25, 0.3) is 6.08 Å². The van der Waals surface area contributed by atoms with Gasteiger partial charge in [0.05, 0.1) is 7.11 Å². The summed E-state index contributed by atoms with van der Waals surface area (Å²) < 4.78 is 5.35. The molecule has 1 saturated carbocycles. The van der Waals surface area contributed by atoms with E-state index in [1.165, 1.54) is 0 Å². The Morgan fingerprint density at radius 1 is 1.18 bits per heavy atom. The van der Waals surface area contributed by atoms with Gasteiger partial charge in [0.2, 0.25) is 0 Å². The van der Waals surface area contributed by atoms with Crippen LogP contribution in [-0.4, -0.2) is 17.9 Å². The molecule has 1 atom stereocenters. The Labute approximate surface area is 130 Å². The summed E-state index contributed by atoms with van der Waals surface area (Å²) in [5.74, 6) is 1.26. The zero-order chi connectivity index (χ0) is 15.4. The number of pyridine rings is 1. The third kappa shape index (κ3) is 3.08. The zero-order valence-corrected chi connectivity index (χ0v) is 12.7. The van der Waals surface area contributed by atoms with Crippen LogP contribution in [0.4, 0.5) is 0 Å². The van der Waals surface area contributed by atoms with Crippen molar-refractivity contribution in [1.82, 2.24) is 4.98 Å². The molecule has 1 unspecified atom stereocenters. The average Bonchev–Trinajstić information content (AvgIpc) is 2.58. The quantitative estimate of drug-likeness (QED) is 0.803. The average molecular weight is 293 g/mol. The minimum atomic E-state index is 0.216. The highest BCUT2D eigenvalue weighted by molar-refractivity contribution is 6.00. The summed E-state index contributed by atoms with van der Waals surface area (Å²) in [5.41, 5.74) is 2.87. The number of rotatable bonds is 3. The summed E-state index contributed by atoms with van der Waals surface area (Å²) in [6, 6.07) is 13.7. The lowest BCUT2D eigenvalue weighted by atomic mass is 9.82. The SMILES string of the molecule is COc1ccccc1/C=C1/CCC(c2ccccn2)CC1=O. The molecule has 1 aliphatic carbocycles. The number of hydrogen-bond acceptors (Lipinski definition) is 3. The third-order valence-electron chi connectivity index (χ3n) is 4.13. The summed E-state index contributed by atoms with van der Waals surface area (Å²) in [6.45, 7) is 0. The highest BCUT2D eigenvalue weighted by atomic mass is 16.5. The molecule has 1 heterocycles. The Balaban J connectivity index is 1.78. The Hall–Kier alpha value is -2.42. The van der Waals surface area contributed by atoms with Crippen LogP contribution in [0.1, 0.15) is 36.4 Å². The third-order valence-corrected chi connectivity index (χ3v) is 4.13. The molecule has 0 aliphatic heterocycles. The van der Waals surface area contributed by atoms with Crippen LogP contribution in [0.2, 0.25) is 0 Å². The van der Waals surface area contributed by atoms with Crippen LogP contribution in [0.15, 0.2) is 54.2 Å². The van der Waals surface area contributed by atoms with E-state index in [9.17, 15) is 4.79 Å². The second-order valence-electron chi connectivity index (χ2n) is 5.53. The van der Waals surface area contributed by atoms with E-state index >= 15 is 0 Å². The monoisotopic (exact) mass is 293 g/mol. The molecule has 0 radical (unpaired) electrons. The highest BCUT2D eigenvalue weighted by Gasteiger charge is 2.25. The van der Waals surface area contributed by atoms with Crippen molar-refractivity contribution in [2.75, 3.05) is 7.11 Å². The van der Waals surface area contributed by atoms with Crippen molar-refractivity contribution in [2.45, 2.75) is 25.2 Å². The highest BCUT2D eigenvalue weighted by Crippen LogP contribution is 2.34. The fourth-order valence-corrected chi connectivity index (χ4v) is 2.92. The summed E-state index contributed by atoms with van der Waals surface area (Å²) in [5, 5.41) is 0. The first kappa shape index (κ1) is 14.5. The van der Waals surface area contributed by atoms with Crippen LogP contribution in [0, 0.1) is 0 Å². The molecule has 0 saturated heterocycles. The van der Waals surface area contributed by atoms with Crippen LogP contribution >= 0.6 is 0 Å². The maximum Gasteiger partial charge on any atom is 0.159 e. The summed E-state index contributed by atoms with van der Waals surface area (Å²) in [7, 11) is 1.65. The van der Waals surface area contributed by atoms with Crippen molar-refractivity contribution in [2.24, 2.45) is 0 Å². The lowest BCUT2D eigenvalue weighted by Crippen LogP contribution is -2.17. The Kier molecular flexibility index (Phi) is 4.33. The number of para-hydroxylation sites is 1. The fraction of sp³-hybridized carbons (Fsp3) is 0.263. The number of nitrogens with zero attached hydrogens (tertiary/aromatic N) is 1. The van der Waals surface area contributed by atoms with E-state index < -0.39 is 0 Å². The van der Waals surface area contributed by atoms with Gasteiger partial charge in [0.1, 0.15) is 5.75 Å². The summed E-state index contributed by atoms with van der Waals surface area (Å²) >= 11 is 0. The number of Topliss-reactive ketones (excluding diaryl/α,β-unsaturated/α-hetero) is 1. The molecule has 112 valence electrons. The second-order valence-corrected chi connectivity index (χ2v) is 5.53. The molecule has 0 spiro atoms. The van der Waals surface area contributed by atoms with E-state index in [4.69, 9.17) is 4.74 Å². The molecule has 0 N–H and O–H groups in total. The van der Waals surface area contributed by atoms with E-state index in [1.807, 2.05) is 48.5 Å². The van der Waals surface area contributed by atoms with Crippen LogP contribution in [0.3, 0.4) is 0 Å². The lowest BCUT2D eigenvalue weighted by molar-refractivity contribution is -0.116. The van der Waals surface area contributed by atoms with E-state index in [2.05, 4.69) is 4.98 Å². The van der Waals surface area contributed by atoms with Gasteiger partial charge >= 0.3 is 0 Å². The molecule has 3 nitrogen and oxygen atoms in total. The largest absolute Gasteiger partial charge is 0.496 e. The van der Waals surface area contributed by atoms with Crippen LogP contribution < -0.4 is 4.74 Å². The molecule has 1 aliphatic rings. The van der Waals surface area contributed by atoms with E-state index in [0.29, 0.717) is 6.42 Å². The van der Waals surface area contributed by atoms with E-state index in [-0.39, 0.29) is 11.7 Å². The number of ketones is 1. The van der Waals surface area contributed by atoms with Gasteiger partial charge in [-0.15, -0.1) is 0 Å². The lowest BCUT2D eigenvalue weighted by Gasteiger charge is -2.22. The van der Waals surface area contributed by atoms with Crippen molar-refractivity contribution in [3.63, 3.8) is 0 Å². The van der Waals surface area contributed by atoms with Gasteiger partial charge in [-0.05, 0) is 42.7 Å². The Morgan fingerprint density at radius 3 is 2.73 bits per heavy atom. The van der Waals surface area contributed by atoms with E-state index in [1.54, 1.807) is 13.3 Å².